The summed E-state index contributed by atoms with van der Waals surface area (Å²) < 4.78 is 23.5. The smallest absolute Gasteiger partial charge is 0.187 e. The quantitative estimate of drug-likeness (QED) is 0.736. The normalized spacial score (nSPS) is 10.4. The molecule has 1 aromatic heterocycles. The highest BCUT2D eigenvalue weighted by Crippen LogP contribution is 2.35. The van der Waals surface area contributed by atoms with Crippen molar-refractivity contribution in [2.75, 3.05) is 19.5 Å². The van der Waals surface area contributed by atoms with Crippen LogP contribution in [0.5, 0.6) is 11.5 Å². The number of rotatable bonds is 5. The van der Waals surface area contributed by atoms with Crippen LogP contribution in [0, 0.1) is 5.82 Å². The van der Waals surface area contributed by atoms with Crippen LogP contribution >= 0.6 is 11.3 Å². The zero-order chi connectivity index (χ0) is 16.2. The molecule has 0 radical (unpaired) electrons. The van der Waals surface area contributed by atoms with Crippen LogP contribution in [0.1, 0.15) is 0 Å². The highest BCUT2D eigenvalue weighted by atomic mass is 32.1. The first-order valence-electron chi connectivity index (χ1n) is 6.90. The molecule has 1 N–H and O–H groups in total. The molecule has 0 saturated heterocycles. The Bertz CT molecular complexity index is 803. The predicted molar refractivity (Wildman–Crippen MR) is 90.3 cm³/mol. The minimum atomic E-state index is -0.265. The molecule has 0 aliphatic heterocycles. The van der Waals surface area contributed by atoms with Crippen molar-refractivity contribution in [3.05, 3.63) is 53.7 Å². The largest absolute Gasteiger partial charge is 0.497 e. The van der Waals surface area contributed by atoms with Gasteiger partial charge in [-0.25, -0.2) is 9.37 Å². The molecular formula is C17H15FN2O2S. The zero-order valence-corrected chi connectivity index (χ0v) is 13.5. The van der Waals surface area contributed by atoms with E-state index < -0.39 is 0 Å². The number of hydrogen-bond acceptors (Lipinski definition) is 5. The summed E-state index contributed by atoms with van der Waals surface area (Å²) in [4.78, 5) is 4.56. The van der Waals surface area contributed by atoms with Gasteiger partial charge in [0.1, 0.15) is 17.3 Å². The molecule has 0 saturated carbocycles. The SMILES string of the molecule is COc1ccc(-c2csc(Nc3ccc(F)cc3)n2)c(OC)c1. The molecule has 1 heterocycles. The van der Waals surface area contributed by atoms with Gasteiger partial charge in [-0.15, -0.1) is 11.3 Å². The zero-order valence-electron chi connectivity index (χ0n) is 12.7. The maximum atomic E-state index is 12.9. The lowest BCUT2D eigenvalue weighted by Gasteiger charge is -2.08. The highest BCUT2D eigenvalue weighted by Gasteiger charge is 2.11. The molecular weight excluding hydrogens is 315 g/mol. The molecule has 6 heteroatoms. The third-order valence-corrected chi connectivity index (χ3v) is 4.04. The number of aromatic nitrogens is 1. The van der Waals surface area contributed by atoms with Gasteiger partial charge in [0.25, 0.3) is 0 Å². The van der Waals surface area contributed by atoms with Gasteiger partial charge in [0.05, 0.1) is 19.9 Å². The number of ether oxygens (including phenoxy) is 2. The Balaban J connectivity index is 1.85. The minimum Gasteiger partial charge on any atom is -0.497 e. The first-order chi connectivity index (χ1) is 11.2. The van der Waals surface area contributed by atoms with E-state index in [9.17, 15) is 4.39 Å². The lowest BCUT2D eigenvalue weighted by molar-refractivity contribution is 0.395. The molecule has 0 aliphatic rings. The average molecular weight is 330 g/mol. The lowest BCUT2D eigenvalue weighted by atomic mass is 10.1. The molecule has 0 atom stereocenters. The van der Waals surface area contributed by atoms with Crippen molar-refractivity contribution in [3.63, 3.8) is 0 Å². The van der Waals surface area contributed by atoms with E-state index in [1.165, 1.54) is 23.5 Å². The van der Waals surface area contributed by atoms with E-state index in [0.717, 1.165) is 27.8 Å². The van der Waals surface area contributed by atoms with Gasteiger partial charge < -0.3 is 14.8 Å². The molecule has 2 aromatic carbocycles. The molecule has 0 amide bonds. The van der Waals surface area contributed by atoms with E-state index in [1.54, 1.807) is 26.4 Å². The number of thiazole rings is 1. The first-order valence-corrected chi connectivity index (χ1v) is 7.78. The van der Waals surface area contributed by atoms with Crippen molar-refractivity contribution >= 4 is 22.2 Å². The van der Waals surface area contributed by atoms with E-state index in [1.807, 2.05) is 23.6 Å². The number of nitrogens with zero attached hydrogens (tertiary/aromatic N) is 1. The van der Waals surface area contributed by atoms with Crippen molar-refractivity contribution < 1.29 is 13.9 Å². The van der Waals surface area contributed by atoms with Crippen molar-refractivity contribution in [3.8, 4) is 22.8 Å². The molecule has 0 spiro atoms. The summed E-state index contributed by atoms with van der Waals surface area (Å²) in [5.74, 6) is 1.16. The van der Waals surface area contributed by atoms with Crippen LogP contribution in [0.25, 0.3) is 11.3 Å². The Labute approximate surface area is 137 Å². The fourth-order valence-corrected chi connectivity index (χ4v) is 2.85. The van der Waals surface area contributed by atoms with Gasteiger partial charge >= 0.3 is 0 Å². The number of benzene rings is 2. The fraction of sp³-hybridized carbons (Fsp3) is 0.118. The van der Waals surface area contributed by atoms with Crippen LogP contribution in [0.15, 0.2) is 47.8 Å². The van der Waals surface area contributed by atoms with Crippen molar-refractivity contribution in [2.45, 2.75) is 0 Å². The Morgan fingerprint density at radius 3 is 2.52 bits per heavy atom. The predicted octanol–water partition coefficient (Wildman–Crippen LogP) is 4.71. The average Bonchev–Trinajstić information content (AvgIpc) is 3.04. The lowest BCUT2D eigenvalue weighted by Crippen LogP contribution is -1.92. The molecule has 0 fully saturated rings. The van der Waals surface area contributed by atoms with E-state index in [4.69, 9.17) is 9.47 Å². The molecule has 23 heavy (non-hydrogen) atoms. The summed E-state index contributed by atoms with van der Waals surface area (Å²) in [5, 5.41) is 5.82. The van der Waals surface area contributed by atoms with Crippen LogP contribution < -0.4 is 14.8 Å². The van der Waals surface area contributed by atoms with Gasteiger partial charge in [-0.3, -0.25) is 0 Å². The Kier molecular flexibility index (Phi) is 4.43. The van der Waals surface area contributed by atoms with Gasteiger partial charge in [0.15, 0.2) is 5.13 Å². The highest BCUT2D eigenvalue weighted by molar-refractivity contribution is 7.14. The van der Waals surface area contributed by atoms with E-state index in [-0.39, 0.29) is 5.82 Å². The minimum absolute atomic E-state index is 0.265. The van der Waals surface area contributed by atoms with Crippen LogP contribution in [0.2, 0.25) is 0 Å². The number of hydrogen-bond donors (Lipinski definition) is 1. The molecule has 118 valence electrons. The monoisotopic (exact) mass is 330 g/mol. The van der Waals surface area contributed by atoms with Crippen molar-refractivity contribution in [2.24, 2.45) is 0 Å². The molecule has 4 nitrogen and oxygen atoms in total. The molecule has 0 bridgehead atoms. The Morgan fingerprint density at radius 2 is 1.83 bits per heavy atom. The van der Waals surface area contributed by atoms with Crippen molar-refractivity contribution in [1.82, 2.24) is 4.98 Å². The third kappa shape index (κ3) is 3.43. The number of anilines is 2. The van der Waals surface area contributed by atoms with E-state index in [2.05, 4.69) is 10.3 Å². The number of methoxy groups -OCH3 is 2. The van der Waals surface area contributed by atoms with Gasteiger partial charge in [0.2, 0.25) is 0 Å². The summed E-state index contributed by atoms with van der Waals surface area (Å²) in [6.07, 6.45) is 0. The second-order valence-corrected chi connectivity index (χ2v) is 5.59. The third-order valence-electron chi connectivity index (χ3n) is 3.28. The van der Waals surface area contributed by atoms with Gasteiger partial charge in [-0.1, -0.05) is 0 Å². The number of nitrogens with one attached hydrogen (secondary N) is 1. The maximum absolute atomic E-state index is 12.9. The van der Waals surface area contributed by atoms with Gasteiger partial charge in [-0.05, 0) is 36.4 Å². The Morgan fingerprint density at radius 1 is 1.04 bits per heavy atom. The van der Waals surface area contributed by atoms with E-state index >= 15 is 0 Å². The summed E-state index contributed by atoms with van der Waals surface area (Å²) in [6.45, 7) is 0. The van der Waals surface area contributed by atoms with Crippen LogP contribution in [-0.2, 0) is 0 Å². The standard InChI is InChI=1S/C17H15FN2O2S/c1-21-13-7-8-14(16(9-13)22-2)15-10-23-17(20-15)19-12-5-3-11(18)4-6-12/h3-10H,1-2H3,(H,19,20). The fourth-order valence-electron chi connectivity index (χ4n) is 2.12. The van der Waals surface area contributed by atoms with Gasteiger partial charge in [0, 0.05) is 22.7 Å². The second kappa shape index (κ2) is 6.66. The first kappa shape index (κ1) is 15.3. The Hall–Kier alpha value is -2.60. The number of halogens is 1. The van der Waals surface area contributed by atoms with Crippen LogP contribution in [-0.4, -0.2) is 19.2 Å². The van der Waals surface area contributed by atoms with Crippen molar-refractivity contribution in [1.29, 1.82) is 0 Å². The molecule has 0 unspecified atom stereocenters. The molecule has 3 rings (SSSR count). The topological polar surface area (TPSA) is 43.4 Å². The van der Waals surface area contributed by atoms with E-state index in [0.29, 0.717) is 5.75 Å². The maximum Gasteiger partial charge on any atom is 0.187 e. The van der Waals surface area contributed by atoms with Crippen LogP contribution in [0.3, 0.4) is 0 Å². The summed E-state index contributed by atoms with van der Waals surface area (Å²) in [7, 11) is 3.23. The molecule has 0 aliphatic carbocycles. The summed E-state index contributed by atoms with van der Waals surface area (Å²) in [6, 6.07) is 11.8. The second-order valence-electron chi connectivity index (χ2n) is 4.74. The molecule has 3 aromatic rings. The summed E-state index contributed by atoms with van der Waals surface area (Å²) >= 11 is 1.47. The van der Waals surface area contributed by atoms with Crippen LogP contribution in [0.4, 0.5) is 15.2 Å². The van der Waals surface area contributed by atoms with Gasteiger partial charge in [-0.2, -0.15) is 0 Å². The summed E-state index contributed by atoms with van der Waals surface area (Å²) in [5.41, 5.74) is 2.48.